The van der Waals surface area contributed by atoms with Gasteiger partial charge in [-0.25, -0.2) is 9.59 Å². The lowest BCUT2D eigenvalue weighted by atomic mass is 10.00. The Bertz CT molecular complexity index is 710. The maximum absolute atomic E-state index is 10.8. The molecule has 4 heteroatoms. The largest absolute Gasteiger partial charge is 0.478 e. The van der Waals surface area contributed by atoms with Crippen LogP contribution in [0, 0.1) is 0 Å². The molecular formula is C18H16O4. The first-order chi connectivity index (χ1) is 10.5. The quantitative estimate of drug-likeness (QED) is 0.826. The molecule has 0 spiro atoms. The smallest absolute Gasteiger partial charge is 0.335 e. The van der Waals surface area contributed by atoms with Crippen molar-refractivity contribution in [3.05, 3.63) is 71.3 Å². The lowest BCUT2D eigenvalue weighted by Crippen LogP contribution is -1.95. The number of hydrogen-bond donors (Lipinski definition) is 2. The third kappa shape index (κ3) is 4.06. The highest BCUT2D eigenvalue weighted by atomic mass is 16.4. The molecule has 2 N–H and O–H groups in total. The fourth-order valence-corrected chi connectivity index (χ4v) is 2.20. The molecule has 0 fully saturated rings. The molecule has 0 saturated heterocycles. The van der Waals surface area contributed by atoms with E-state index in [4.69, 9.17) is 10.2 Å². The maximum atomic E-state index is 10.8. The van der Waals surface area contributed by atoms with Crippen LogP contribution < -0.4 is 0 Å². The Morgan fingerprint density at radius 3 is 1.86 bits per heavy atom. The van der Waals surface area contributed by atoms with Gasteiger partial charge in [0, 0.05) is 6.08 Å². The average molecular weight is 296 g/mol. The lowest BCUT2D eigenvalue weighted by molar-refractivity contribution is -0.131. The number of rotatable bonds is 5. The van der Waals surface area contributed by atoms with E-state index in [1.165, 1.54) is 6.08 Å². The van der Waals surface area contributed by atoms with Gasteiger partial charge in [0.15, 0.2) is 0 Å². The Morgan fingerprint density at radius 1 is 0.909 bits per heavy atom. The Labute approximate surface area is 128 Å². The van der Waals surface area contributed by atoms with E-state index < -0.39 is 11.9 Å². The van der Waals surface area contributed by atoms with Gasteiger partial charge in [-0.15, -0.1) is 0 Å². The summed E-state index contributed by atoms with van der Waals surface area (Å²) >= 11 is 0. The molecule has 0 aliphatic carbocycles. The summed E-state index contributed by atoms with van der Waals surface area (Å²) in [6.45, 7) is 1.78. The maximum Gasteiger partial charge on any atom is 0.335 e. The summed E-state index contributed by atoms with van der Waals surface area (Å²) in [5.41, 5.74) is 4.00. The van der Waals surface area contributed by atoms with E-state index in [9.17, 15) is 9.59 Å². The average Bonchev–Trinajstić information content (AvgIpc) is 2.47. The monoisotopic (exact) mass is 296 g/mol. The second-order valence-corrected chi connectivity index (χ2v) is 5.09. The predicted molar refractivity (Wildman–Crippen MR) is 83.9 cm³/mol. The summed E-state index contributed by atoms with van der Waals surface area (Å²) in [5.74, 6) is -1.88. The molecule has 2 aromatic carbocycles. The summed E-state index contributed by atoms with van der Waals surface area (Å²) in [4.78, 5) is 21.4. The van der Waals surface area contributed by atoms with Crippen LogP contribution in [0.15, 0.2) is 60.2 Å². The van der Waals surface area contributed by atoms with Crippen molar-refractivity contribution in [3.63, 3.8) is 0 Å². The van der Waals surface area contributed by atoms with Crippen molar-refractivity contribution in [1.82, 2.24) is 0 Å². The molecule has 0 atom stereocenters. The molecule has 112 valence electrons. The van der Waals surface area contributed by atoms with Gasteiger partial charge in [-0.1, -0.05) is 42.0 Å². The van der Waals surface area contributed by atoms with Gasteiger partial charge in [0.05, 0.1) is 5.56 Å². The minimum Gasteiger partial charge on any atom is -0.478 e. The van der Waals surface area contributed by atoms with Gasteiger partial charge in [-0.05, 0) is 42.2 Å². The number of aromatic carboxylic acids is 1. The van der Waals surface area contributed by atoms with Gasteiger partial charge < -0.3 is 10.2 Å². The van der Waals surface area contributed by atoms with Crippen LogP contribution in [0.5, 0.6) is 0 Å². The van der Waals surface area contributed by atoms with Crippen LogP contribution >= 0.6 is 0 Å². The van der Waals surface area contributed by atoms with E-state index in [1.807, 2.05) is 24.3 Å². The molecule has 0 aromatic heterocycles. The van der Waals surface area contributed by atoms with E-state index in [1.54, 1.807) is 31.2 Å². The number of benzene rings is 2. The first-order valence-corrected chi connectivity index (χ1v) is 6.78. The van der Waals surface area contributed by atoms with Crippen LogP contribution in [0.25, 0.3) is 11.1 Å². The van der Waals surface area contributed by atoms with E-state index in [0.717, 1.165) is 22.3 Å². The van der Waals surface area contributed by atoms with E-state index >= 15 is 0 Å². The first kappa shape index (κ1) is 15.5. The van der Waals surface area contributed by atoms with Gasteiger partial charge >= 0.3 is 11.9 Å². The van der Waals surface area contributed by atoms with E-state index in [2.05, 4.69) is 0 Å². The number of carbonyl (C=O) groups is 2. The molecule has 0 aliphatic rings. The van der Waals surface area contributed by atoms with Crippen LogP contribution in [-0.2, 0) is 11.2 Å². The molecule has 0 aliphatic heterocycles. The summed E-state index contributed by atoms with van der Waals surface area (Å²) in [6.07, 6.45) is 1.79. The fourth-order valence-electron chi connectivity index (χ4n) is 2.20. The zero-order valence-corrected chi connectivity index (χ0v) is 12.1. The van der Waals surface area contributed by atoms with Gasteiger partial charge in [0.1, 0.15) is 0 Å². The molecule has 2 aromatic rings. The third-order valence-electron chi connectivity index (χ3n) is 3.27. The van der Waals surface area contributed by atoms with Gasteiger partial charge in [-0.2, -0.15) is 0 Å². The van der Waals surface area contributed by atoms with Crippen molar-refractivity contribution in [2.45, 2.75) is 13.3 Å². The van der Waals surface area contributed by atoms with Crippen LogP contribution in [0.1, 0.15) is 22.8 Å². The van der Waals surface area contributed by atoms with Crippen molar-refractivity contribution in [3.8, 4) is 11.1 Å². The molecule has 0 radical (unpaired) electrons. The molecule has 4 nitrogen and oxygen atoms in total. The summed E-state index contributed by atoms with van der Waals surface area (Å²) < 4.78 is 0. The molecule has 2 rings (SSSR count). The number of carboxylic acids is 2. The Balaban J connectivity index is 2.14. The lowest BCUT2D eigenvalue weighted by Gasteiger charge is -2.05. The molecule has 0 bridgehead atoms. The Kier molecular flexibility index (Phi) is 4.73. The van der Waals surface area contributed by atoms with Crippen LogP contribution in [-0.4, -0.2) is 22.2 Å². The van der Waals surface area contributed by atoms with Crippen molar-refractivity contribution >= 4 is 11.9 Å². The Hall–Kier alpha value is -2.88. The van der Waals surface area contributed by atoms with Crippen molar-refractivity contribution in [2.24, 2.45) is 0 Å². The molecular weight excluding hydrogens is 280 g/mol. The second kappa shape index (κ2) is 6.72. The zero-order valence-electron chi connectivity index (χ0n) is 12.1. The van der Waals surface area contributed by atoms with Crippen LogP contribution in [0.3, 0.4) is 0 Å². The first-order valence-electron chi connectivity index (χ1n) is 6.78. The van der Waals surface area contributed by atoms with Crippen LogP contribution in [0.4, 0.5) is 0 Å². The number of hydrogen-bond acceptors (Lipinski definition) is 2. The Morgan fingerprint density at radius 2 is 1.41 bits per heavy atom. The minimum absolute atomic E-state index is 0.259. The second-order valence-electron chi connectivity index (χ2n) is 5.09. The van der Waals surface area contributed by atoms with E-state index in [0.29, 0.717) is 6.42 Å². The van der Waals surface area contributed by atoms with Gasteiger partial charge in [0.2, 0.25) is 0 Å². The van der Waals surface area contributed by atoms with Crippen LogP contribution in [0.2, 0.25) is 0 Å². The highest BCUT2D eigenvalue weighted by Gasteiger charge is 2.04. The van der Waals surface area contributed by atoms with Gasteiger partial charge in [-0.3, -0.25) is 0 Å². The molecule has 0 amide bonds. The normalized spacial score (nSPS) is 11.2. The summed E-state index contributed by atoms with van der Waals surface area (Å²) in [6, 6.07) is 14.5. The van der Waals surface area contributed by atoms with E-state index in [-0.39, 0.29) is 5.56 Å². The predicted octanol–water partition coefficient (Wildman–Crippen LogP) is 3.63. The summed E-state index contributed by atoms with van der Waals surface area (Å²) in [5, 5.41) is 17.6. The molecule has 0 heterocycles. The number of carboxylic acid groups (broad SMARTS) is 2. The standard InChI is InChI=1S/C18H16O4/c1-12(11-17(19)20)10-13-2-4-14(5-3-13)15-6-8-16(9-7-15)18(21)22/h2-9,11H,10H2,1H3,(H,19,20)(H,21,22)/b12-11+. The fraction of sp³-hybridized carbons (Fsp3) is 0.111. The molecule has 0 saturated carbocycles. The topological polar surface area (TPSA) is 74.6 Å². The van der Waals surface area contributed by atoms with Gasteiger partial charge in [0.25, 0.3) is 0 Å². The third-order valence-corrected chi connectivity index (χ3v) is 3.27. The minimum atomic E-state index is -0.942. The number of allylic oxidation sites excluding steroid dienone is 1. The van der Waals surface area contributed by atoms with Crippen molar-refractivity contribution in [2.75, 3.05) is 0 Å². The molecule has 0 unspecified atom stereocenters. The SMILES string of the molecule is C/C(=C\C(=O)O)Cc1ccc(-c2ccc(C(=O)O)cc2)cc1. The van der Waals surface area contributed by atoms with Crippen molar-refractivity contribution < 1.29 is 19.8 Å². The highest BCUT2D eigenvalue weighted by molar-refractivity contribution is 5.88. The highest BCUT2D eigenvalue weighted by Crippen LogP contribution is 2.21. The van der Waals surface area contributed by atoms with Crippen molar-refractivity contribution in [1.29, 1.82) is 0 Å². The molecule has 22 heavy (non-hydrogen) atoms. The zero-order chi connectivity index (χ0) is 16.1. The number of aliphatic carboxylic acids is 1. The summed E-state index contributed by atoms with van der Waals surface area (Å²) in [7, 11) is 0.